The van der Waals surface area contributed by atoms with E-state index in [9.17, 15) is 0 Å². The predicted octanol–water partition coefficient (Wildman–Crippen LogP) is 3.40. The lowest BCUT2D eigenvalue weighted by atomic mass is 9.80. The lowest BCUT2D eigenvalue weighted by Gasteiger charge is -2.51. The molecule has 1 heterocycles. The molecule has 0 saturated carbocycles. The van der Waals surface area contributed by atoms with Crippen molar-refractivity contribution in [2.45, 2.75) is 32.0 Å². The zero-order valence-corrected chi connectivity index (χ0v) is 10.1. The highest BCUT2D eigenvalue weighted by atomic mass is 79.9. The maximum absolute atomic E-state index is 5.25. The minimum atomic E-state index is -0.350. The molecular weight excluding hydrogens is 244 g/mol. The molecule has 1 fully saturated rings. The Balaban J connectivity index is 2.40. The molecule has 1 atom stereocenters. The summed E-state index contributed by atoms with van der Waals surface area (Å²) in [5, 5.41) is 0. The van der Waals surface area contributed by atoms with Crippen LogP contribution >= 0.6 is 15.9 Å². The first-order valence-electron chi connectivity index (χ1n) is 4.59. The van der Waals surface area contributed by atoms with Crippen LogP contribution in [-0.4, -0.2) is 5.60 Å². The molecule has 0 bridgehead atoms. The molecule has 0 aliphatic carbocycles. The molecule has 2 nitrogen and oxygen atoms in total. The normalized spacial score (nSPS) is 29.7. The van der Waals surface area contributed by atoms with E-state index in [2.05, 4.69) is 28.1 Å². The predicted molar refractivity (Wildman–Crippen MR) is 57.7 cm³/mol. The Morgan fingerprint density at radius 1 is 1.14 bits per heavy atom. The largest absolute Gasteiger partial charge is 0.226 e. The second kappa shape index (κ2) is 3.05. The van der Waals surface area contributed by atoms with E-state index in [-0.39, 0.29) is 11.2 Å². The molecule has 0 radical (unpaired) electrons. The van der Waals surface area contributed by atoms with Crippen molar-refractivity contribution in [3.05, 3.63) is 34.3 Å². The summed E-state index contributed by atoms with van der Waals surface area (Å²) in [6.07, 6.45) is 0. The van der Waals surface area contributed by atoms with Gasteiger partial charge in [-0.05, 0) is 38.5 Å². The Bertz CT molecular complexity index is 362. The molecule has 1 unspecified atom stereocenters. The van der Waals surface area contributed by atoms with Crippen LogP contribution < -0.4 is 0 Å². The van der Waals surface area contributed by atoms with Crippen molar-refractivity contribution < 1.29 is 9.78 Å². The molecule has 1 aliphatic heterocycles. The van der Waals surface area contributed by atoms with Crippen LogP contribution in [0.2, 0.25) is 0 Å². The van der Waals surface area contributed by atoms with Gasteiger partial charge in [0.05, 0.1) is 0 Å². The average molecular weight is 257 g/mol. The van der Waals surface area contributed by atoms with Gasteiger partial charge in [0.15, 0.2) is 5.60 Å². The van der Waals surface area contributed by atoms with Crippen LogP contribution in [0.5, 0.6) is 0 Å². The van der Waals surface area contributed by atoms with E-state index in [1.807, 2.05) is 32.9 Å². The van der Waals surface area contributed by atoms with Gasteiger partial charge in [0, 0.05) is 4.47 Å². The van der Waals surface area contributed by atoms with Crippen LogP contribution in [0, 0.1) is 0 Å². The standard InChI is InChI=1S/C11H13BrO2/c1-10(2)11(3,14-13-10)8-5-4-6-9(12)7-8/h4-7H,1-3H3. The lowest BCUT2D eigenvalue weighted by molar-refractivity contribution is -0.548. The highest BCUT2D eigenvalue weighted by Crippen LogP contribution is 2.47. The Morgan fingerprint density at radius 2 is 1.86 bits per heavy atom. The van der Waals surface area contributed by atoms with E-state index >= 15 is 0 Å². The zero-order chi connectivity index (χ0) is 10.4. The molecule has 1 aromatic carbocycles. The summed E-state index contributed by atoms with van der Waals surface area (Å²) in [7, 11) is 0. The molecule has 14 heavy (non-hydrogen) atoms. The summed E-state index contributed by atoms with van der Waals surface area (Å²) in [6, 6.07) is 8.11. The number of hydrogen-bond donors (Lipinski definition) is 0. The van der Waals surface area contributed by atoms with Crippen molar-refractivity contribution in [1.82, 2.24) is 0 Å². The Kier molecular flexibility index (Phi) is 2.21. The summed E-state index contributed by atoms with van der Waals surface area (Å²) >= 11 is 3.45. The van der Waals surface area contributed by atoms with Crippen LogP contribution in [0.4, 0.5) is 0 Å². The average Bonchev–Trinajstić information content (AvgIpc) is 2.15. The van der Waals surface area contributed by atoms with Crippen LogP contribution in [-0.2, 0) is 15.4 Å². The molecule has 1 aliphatic rings. The third-order valence-corrected chi connectivity index (χ3v) is 3.43. The molecule has 0 N–H and O–H groups in total. The van der Waals surface area contributed by atoms with Crippen molar-refractivity contribution >= 4 is 15.9 Å². The topological polar surface area (TPSA) is 18.5 Å². The Morgan fingerprint density at radius 3 is 2.29 bits per heavy atom. The van der Waals surface area contributed by atoms with Gasteiger partial charge < -0.3 is 0 Å². The lowest BCUT2D eigenvalue weighted by Crippen LogP contribution is -2.59. The zero-order valence-electron chi connectivity index (χ0n) is 8.50. The molecule has 0 aromatic heterocycles. The van der Waals surface area contributed by atoms with E-state index in [1.54, 1.807) is 0 Å². The minimum Gasteiger partial charge on any atom is -0.226 e. The van der Waals surface area contributed by atoms with E-state index in [4.69, 9.17) is 9.78 Å². The maximum Gasteiger partial charge on any atom is 0.157 e. The molecule has 0 amide bonds. The summed E-state index contributed by atoms with van der Waals surface area (Å²) < 4.78 is 1.06. The Labute approximate surface area is 92.3 Å². The van der Waals surface area contributed by atoms with Crippen LogP contribution in [0.3, 0.4) is 0 Å². The molecule has 0 spiro atoms. The van der Waals surface area contributed by atoms with Crippen molar-refractivity contribution in [3.63, 3.8) is 0 Å². The highest BCUT2D eigenvalue weighted by Gasteiger charge is 2.55. The Hall–Kier alpha value is -0.380. The summed E-state index contributed by atoms with van der Waals surface area (Å²) in [4.78, 5) is 10.4. The van der Waals surface area contributed by atoms with E-state index in [0.29, 0.717) is 0 Å². The first kappa shape index (κ1) is 10.1. The second-order valence-corrected chi connectivity index (χ2v) is 5.14. The van der Waals surface area contributed by atoms with Gasteiger partial charge in [-0.1, -0.05) is 28.1 Å². The van der Waals surface area contributed by atoms with E-state index < -0.39 is 0 Å². The van der Waals surface area contributed by atoms with Gasteiger partial charge in [-0.25, -0.2) is 9.78 Å². The van der Waals surface area contributed by atoms with Crippen molar-refractivity contribution in [1.29, 1.82) is 0 Å². The van der Waals surface area contributed by atoms with E-state index in [0.717, 1.165) is 10.0 Å². The van der Waals surface area contributed by atoms with Crippen molar-refractivity contribution in [3.8, 4) is 0 Å². The van der Waals surface area contributed by atoms with Gasteiger partial charge in [-0.2, -0.15) is 0 Å². The summed E-state index contributed by atoms with van der Waals surface area (Å²) in [5.41, 5.74) is 0.507. The SMILES string of the molecule is CC1(C)OOC1(C)c1cccc(Br)c1. The van der Waals surface area contributed by atoms with Crippen molar-refractivity contribution in [2.24, 2.45) is 0 Å². The van der Waals surface area contributed by atoms with Crippen LogP contribution in [0.25, 0.3) is 0 Å². The maximum atomic E-state index is 5.25. The third kappa shape index (κ3) is 1.31. The number of hydrogen-bond acceptors (Lipinski definition) is 2. The van der Waals surface area contributed by atoms with Gasteiger partial charge in [0.2, 0.25) is 0 Å². The van der Waals surface area contributed by atoms with Crippen molar-refractivity contribution in [2.75, 3.05) is 0 Å². The smallest absolute Gasteiger partial charge is 0.157 e. The highest BCUT2D eigenvalue weighted by molar-refractivity contribution is 9.10. The van der Waals surface area contributed by atoms with Gasteiger partial charge in [0.25, 0.3) is 0 Å². The quantitative estimate of drug-likeness (QED) is 0.718. The number of benzene rings is 1. The molecule has 76 valence electrons. The van der Waals surface area contributed by atoms with Gasteiger partial charge >= 0.3 is 0 Å². The minimum absolute atomic E-state index is 0.270. The second-order valence-electron chi connectivity index (χ2n) is 4.22. The van der Waals surface area contributed by atoms with Gasteiger partial charge in [-0.15, -0.1) is 0 Å². The van der Waals surface area contributed by atoms with Crippen LogP contribution in [0.15, 0.2) is 28.7 Å². The first-order chi connectivity index (χ1) is 6.46. The molecule has 1 aromatic rings. The molecule has 1 saturated heterocycles. The monoisotopic (exact) mass is 256 g/mol. The van der Waals surface area contributed by atoms with Gasteiger partial charge in [-0.3, -0.25) is 0 Å². The third-order valence-electron chi connectivity index (χ3n) is 2.94. The number of halogens is 1. The fourth-order valence-corrected chi connectivity index (χ4v) is 1.91. The molecule has 3 heteroatoms. The number of rotatable bonds is 1. The first-order valence-corrected chi connectivity index (χ1v) is 5.38. The molecular formula is C11H13BrO2. The molecule has 2 rings (SSSR count). The van der Waals surface area contributed by atoms with Crippen LogP contribution in [0.1, 0.15) is 26.3 Å². The fraction of sp³-hybridized carbons (Fsp3) is 0.455. The van der Waals surface area contributed by atoms with Gasteiger partial charge in [0.1, 0.15) is 5.60 Å². The summed E-state index contributed by atoms with van der Waals surface area (Å²) in [5.74, 6) is 0. The summed E-state index contributed by atoms with van der Waals surface area (Å²) in [6.45, 7) is 6.09. The fourth-order valence-electron chi connectivity index (χ4n) is 1.51. The van der Waals surface area contributed by atoms with E-state index in [1.165, 1.54) is 0 Å².